The normalized spacial score (nSPS) is 9.20. The summed E-state index contributed by atoms with van der Waals surface area (Å²) >= 11 is 0. The van der Waals surface area contributed by atoms with E-state index in [0.717, 1.165) is 0 Å². The van der Waals surface area contributed by atoms with Crippen molar-refractivity contribution in [3.63, 3.8) is 0 Å². The number of pyridine rings is 1. The zero-order valence-electron chi connectivity index (χ0n) is 5.91. The van der Waals surface area contributed by atoms with Crippen molar-refractivity contribution in [1.29, 1.82) is 0 Å². The summed E-state index contributed by atoms with van der Waals surface area (Å²) in [6.07, 6.45) is 3.92. The van der Waals surface area contributed by atoms with Crippen LogP contribution in [-0.4, -0.2) is 4.40 Å². The molecule has 0 saturated heterocycles. The fraction of sp³-hybridized carbons (Fsp3) is 0. The second kappa shape index (κ2) is 3.81. The van der Waals surface area contributed by atoms with Crippen molar-refractivity contribution in [3.05, 3.63) is 42.7 Å². The Bertz CT molecular complexity index is 283. The summed E-state index contributed by atoms with van der Waals surface area (Å²) < 4.78 is 2.03. The van der Waals surface area contributed by atoms with Crippen molar-refractivity contribution < 1.29 is 58.2 Å². The molecule has 2 aromatic heterocycles. The number of rotatable bonds is 0. The minimum absolute atomic E-state index is 0. The molecule has 44 valence electrons. The molecule has 0 fully saturated rings. The van der Waals surface area contributed by atoms with Crippen LogP contribution < -0.4 is 58.2 Å². The first-order chi connectivity index (χ1) is 4.47. The Labute approximate surface area is 109 Å². The van der Waals surface area contributed by atoms with Gasteiger partial charge >= 0.3 is 58.2 Å². The van der Waals surface area contributed by atoms with E-state index in [-0.39, 0.29) is 58.2 Å². The van der Waals surface area contributed by atoms with E-state index < -0.39 is 0 Å². The largest absolute Gasteiger partial charge is 1.00 e. The van der Waals surface area contributed by atoms with E-state index in [1.165, 1.54) is 5.52 Å². The third kappa shape index (κ3) is 1.59. The average molecular weight is 202 g/mol. The fourth-order valence-corrected chi connectivity index (χ4v) is 0.912. The summed E-state index contributed by atoms with van der Waals surface area (Å²) in [7, 11) is 0. The van der Waals surface area contributed by atoms with E-state index in [4.69, 9.17) is 0 Å². The number of aromatic nitrogens is 1. The Morgan fingerprint density at radius 1 is 1.30 bits per heavy atom. The molecule has 0 radical (unpaired) electrons. The van der Waals surface area contributed by atoms with Gasteiger partial charge in [0.2, 0.25) is 0 Å². The summed E-state index contributed by atoms with van der Waals surface area (Å²) in [5, 5.41) is 0. The van der Waals surface area contributed by atoms with Crippen LogP contribution in [0, 0.1) is 6.07 Å². The van der Waals surface area contributed by atoms with Crippen LogP contribution in [0.15, 0.2) is 36.7 Å². The summed E-state index contributed by atoms with van der Waals surface area (Å²) in [4.78, 5) is 0. The standard InChI is InChI=1S/C8H6N.Rb/c1-2-6-9-7-3-5-8(9)4-1;/h1-2,4-7H;/q-1;+1. The Morgan fingerprint density at radius 3 is 3.00 bits per heavy atom. The van der Waals surface area contributed by atoms with Gasteiger partial charge in [0.05, 0.1) is 0 Å². The van der Waals surface area contributed by atoms with E-state index >= 15 is 0 Å². The van der Waals surface area contributed by atoms with Crippen LogP contribution in [0.2, 0.25) is 0 Å². The topological polar surface area (TPSA) is 4.41 Å². The summed E-state index contributed by atoms with van der Waals surface area (Å²) in [6, 6.07) is 11.0. The minimum atomic E-state index is 0. The van der Waals surface area contributed by atoms with Gasteiger partial charge in [0.1, 0.15) is 0 Å². The molecular weight excluding hydrogens is 196 g/mol. The average Bonchev–Trinajstić information content (AvgIpc) is 2.33. The number of hydrogen-bond acceptors (Lipinski definition) is 0. The molecule has 0 N–H and O–H groups in total. The van der Waals surface area contributed by atoms with Gasteiger partial charge in [0, 0.05) is 0 Å². The molecule has 0 amide bonds. The predicted octanol–water partition coefficient (Wildman–Crippen LogP) is -1.26. The molecule has 10 heavy (non-hydrogen) atoms. The molecular formula is C8H6NRb. The Balaban J connectivity index is 0.000000500. The van der Waals surface area contributed by atoms with Crippen LogP contribution in [0.5, 0.6) is 0 Å². The first-order valence-corrected chi connectivity index (χ1v) is 2.89. The molecule has 1 nitrogen and oxygen atoms in total. The predicted molar refractivity (Wildman–Crippen MR) is 36.2 cm³/mol. The third-order valence-electron chi connectivity index (χ3n) is 1.37. The van der Waals surface area contributed by atoms with Crippen molar-refractivity contribution in [3.8, 4) is 0 Å². The molecule has 2 heterocycles. The van der Waals surface area contributed by atoms with Gasteiger partial charge in [-0.25, -0.2) is 12.1 Å². The molecule has 0 aliphatic rings. The second-order valence-electron chi connectivity index (χ2n) is 1.97. The van der Waals surface area contributed by atoms with Crippen molar-refractivity contribution in [2.45, 2.75) is 0 Å². The second-order valence-corrected chi connectivity index (χ2v) is 1.97. The van der Waals surface area contributed by atoms with E-state index in [0.29, 0.717) is 0 Å². The van der Waals surface area contributed by atoms with Gasteiger partial charge in [0.15, 0.2) is 0 Å². The molecule has 2 rings (SSSR count). The minimum Gasteiger partial charge on any atom is -0.420 e. The molecule has 2 aromatic rings. The van der Waals surface area contributed by atoms with Crippen LogP contribution in [0.3, 0.4) is 0 Å². The van der Waals surface area contributed by atoms with Gasteiger partial charge in [-0.05, 0) is 12.3 Å². The smallest absolute Gasteiger partial charge is 0.420 e. The van der Waals surface area contributed by atoms with Crippen LogP contribution in [0.25, 0.3) is 5.52 Å². The van der Waals surface area contributed by atoms with Crippen molar-refractivity contribution in [2.24, 2.45) is 0 Å². The SMILES string of the molecule is [Rb+].[c-]1cc2ccccn2c1. The van der Waals surface area contributed by atoms with Gasteiger partial charge in [-0.3, -0.25) is 0 Å². The maximum Gasteiger partial charge on any atom is 1.00 e. The first-order valence-electron chi connectivity index (χ1n) is 2.89. The molecule has 0 bridgehead atoms. The van der Waals surface area contributed by atoms with E-state index in [1.807, 2.05) is 35.0 Å². The number of nitrogens with zero attached hydrogens (tertiary/aromatic N) is 1. The molecule has 0 aliphatic heterocycles. The molecule has 0 atom stereocenters. The number of hydrogen-bond donors (Lipinski definition) is 0. The van der Waals surface area contributed by atoms with E-state index in [9.17, 15) is 0 Å². The Morgan fingerprint density at radius 2 is 2.20 bits per heavy atom. The summed E-state index contributed by atoms with van der Waals surface area (Å²) in [6.45, 7) is 0. The first kappa shape index (κ1) is 8.66. The third-order valence-corrected chi connectivity index (χ3v) is 1.37. The van der Waals surface area contributed by atoms with Crippen LogP contribution in [0.1, 0.15) is 0 Å². The van der Waals surface area contributed by atoms with Gasteiger partial charge in [-0.15, -0.1) is 17.8 Å². The fourth-order valence-electron chi connectivity index (χ4n) is 0.912. The molecule has 0 unspecified atom stereocenters. The van der Waals surface area contributed by atoms with Gasteiger partial charge in [0.25, 0.3) is 0 Å². The maximum atomic E-state index is 3.00. The zero-order valence-corrected chi connectivity index (χ0v) is 10.8. The van der Waals surface area contributed by atoms with E-state index in [2.05, 4.69) is 12.1 Å². The Kier molecular flexibility index (Phi) is 3.30. The quantitative estimate of drug-likeness (QED) is 0.469. The monoisotopic (exact) mass is 201 g/mol. The molecule has 2 heteroatoms. The van der Waals surface area contributed by atoms with Crippen molar-refractivity contribution in [2.75, 3.05) is 0 Å². The number of fused-ring (bicyclic) bond motifs is 1. The molecule has 0 saturated carbocycles. The van der Waals surface area contributed by atoms with E-state index in [1.54, 1.807) is 0 Å². The zero-order chi connectivity index (χ0) is 6.10. The van der Waals surface area contributed by atoms with Crippen LogP contribution in [0.4, 0.5) is 0 Å². The van der Waals surface area contributed by atoms with Gasteiger partial charge in [-0.1, -0.05) is 6.07 Å². The van der Waals surface area contributed by atoms with Crippen molar-refractivity contribution >= 4 is 5.52 Å². The maximum absolute atomic E-state index is 3.00. The summed E-state index contributed by atoms with van der Waals surface area (Å²) in [5.41, 5.74) is 1.19. The van der Waals surface area contributed by atoms with Gasteiger partial charge in [-0.2, -0.15) is 0 Å². The molecule has 0 aliphatic carbocycles. The Hall–Kier alpha value is 0.565. The van der Waals surface area contributed by atoms with Crippen molar-refractivity contribution in [1.82, 2.24) is 4.40 Å². The van der Waals surface area contributed by atoms with Gasteiger partial charge < -0.3 is 4.40 Å². The molecule has 0 aromatic carbocycles. The van der Waals surface area contributed by atoms with Crippen LogP contribution in [-0.2, 0) is 0 Å². The molecule has 0 spiro atoms. The summed E-state index contributed by atoms with van der Waals surface area (Å²) in [5.74, 6) is 0. The van der Waals surface area contributed by atoms with Crippen LogP contribution >= 0.6 is 0 Å².